The van der Waals surface area contributed by atoms with Crippen LogP contribution in [0.4, 0.5) is 0 Å². The van der Waals surface area contributed by atoms with Crippen LogP contribution in [-0.2, 0) is 6.42 Å². The summed E-state index contributed by atoms with van der Waals surface area (Å²) in [4.78, 5) is 1.31. The first-order valence-corrected chi connectivity index (χ1v) is 8.07. The molecule has 2 rings (SSSR count). The van der Waals surface area contributed by atoms with Crippen LogP contribution in [-0.4, -0.2) is 0 Å². The minimum Gasteiger partial charge on any atom is -0.271 e. The van der Waals surface area contributed by atoms with Crippen LogP contribution in [0.3, 0.4) is 0 Å². The van der Waals surface area contributed by atoms with Crippen molar-refractivity contribution >= 4 is 27.3 Å². The van der Waals surface area contributed by atoms with Gasteiger partial charge in [-0.3, -0.25) is 11.3 Å². The van der Waals surface area contributed by atoms with Gasteiger partial charge in [0.25, 0.3) is 0 Å². The third-order valence-electron chi connectivity index (χ3n) is 3.22. The molecule has 0 aliphatic carbocycles. The Morgan fingerprint density at radius 3 is 2.63 bits per heavy atom. The fraction of sp³-hybridized carbons (Fsp3) is 0.333. The maximum atomic E-state index is 5.68. The van der Waals surface area contributed by atoms with E-state index in [9.17, 15) is 0 Å². The smallest absolute Gasteiger partial charge is 0.0731 e. The molecule has 102 valence electrons. The fourth-order valence-electron chi connectivity index (χ4n) is 2.12. The zero-order valence-electron chi connectivity index (χ0n) is 11.0. The van der Waals surface area contributed by atoms with Gasteiger partial charge in [0.15, 0.2) is 0 Å². The number of nitrogens with one attached hydrogen (secondary N) is 1. The van der Waals surface area contributed by atoms with E-state index in [-0.39, 0.29) is 6.04 Å². The lowest BCUT2D eigenvalue weighted by Crippen LogP contribution is -2.27. The van der Waals surface area contributed by atoms with Gasteiger partial charge in [-0.1, -0.05) is 30.3 Å². The number of aryl methyl sites for hydroxylation is 2. The highest BCUT2D eigenvalue weighted by atomic mass is 79.9. The molecular formula is C15H19BrN2S. The van der Waals surface area contributed by atoms with Crippen molar-refractivity contribution in [3.8, 4) is 0 Å². The maximum absolute atomic E-state index is 5.68. The van der Waals surface area contributed by atoms with Gasteiger partial charge in [-0.2, -0.15) is 0 Å². The third kappa shape index (κ3) is 4.14. The van der Waals surface area contributed by atoms with E-state index in [1.54, 1.807) is 11.3 Å². The number of halogens is 1. The number of thiophene rings is 1. The number of benzene rings is 1. The van der Waals surface area contributed by atoms with Gasteiger partial charge in [0.1, 0.15) is 0 Å². The molecule has 1 unspecified atom stereocenters. The molecule has 4 heteroatoms. The quantitative estimate of drug-likeness (QED) is 0.607. The van der Waals surface area contributed by atoms with Crippen LogP contribution >= 0.6 is 27.3 Å². The average molecular weight is 339 g/mol. The zero-order valence-corrected chi connectivity index (χ0v) is 13.4. The third-order valence-corrected chi connectivity index (χ3v) is 5.47. The van der Waals surface area contributed by atoms with Crippen molar-refractivity contribution in [2.75, 3.05) is 0 Å². The van der Waals surface area contributed by atoms with E-state index in [4.69, 9.17) is 5.84 Å². The first-order valence-electron chi connectivity index (χ1n) is 6.46. The topological polar surface area (TPSA) is 38.0 Å². The second-order valence-corrected chi connectivity index (χ2v) is 7.10. The SMILES string of the molecule is Cc1cc(C(CCCc2ccccc2)NN)sc1Br. The lowest BCUT2D eigenvalue weighted by Gasteiger charge is -2.13. The van der Waals surface area contributed by atoms with E-state index < -0.39 is 0 Å². The summed E-state index contributed by atoms with van der Waals surface area (Å²) in [6.07, 6.45) is 3.29. The van der Waals surface area contributed by atoms with Crippen LogP contribution in [0.15, 0.2) is 40.2 Å². The summed E-state index contributed by atoms with van der Waals surface area (Å²) < 4.78 is 1.20. The van der Waals surface area contributed by atoms with E-state index in [0.717, 1.165) is 19.3 Å². The van der Waals surface area contributed by atoms with E-state index >= 15 is 0 Å². The second kappa shape index (κ2) is 7.20. The average Bonchev–Trinajstić information content (AvgIpc) is 2.76. The Bertz CT molecular complexity index is 491. The molecule has 0 fully saturated rings. The predicted molar refractivity (Wildman–Crippen MR) is 86.2 cm³/mol. The summed E-state index contributed by atoms with van der Waals surface area (Å²) in [6.45, 7) is 2.11. The number of nitrogens with two attached hydrogens (primary N) is 1. The molecule has 0 bridgehead atoms. The summed E-state index contributed by atoms with van der Waals surface area (Å²) in [7, 11) is 0. The first-order chi connectivity index (χ1) is 9.20. The van der Waals surface area contributed by atoms with Crippen molar-refractivity contribution in [2.24, 2.45) is 5.84 Å². The molecule has 0 radical (unpaired) electrons. The van der Waals surface area contributed by atoms with Crippen LogP contribution < -0.4 is 11.3 Å². The molecule has 1 atom stereocenters. The predicted octanol–water partition coefficient (Wildman–Crippen LogP) is 4.35. The van der Waals surface area contributed by atoms with Crippen molar-refractivity contribution in [2.45, 2.75) is 32.2 Å². The lowest BCUT2D eigenvalue weighted by atomic mass is 10.0. The molecule has 0 amide bonds. The Kier molecular flexibility index (Phi) is 5.58. The Hall–Kier alpha value is -0.680. The van der Waals surface area contributed by atoms with E-state index in [0.29, 0.717) is 0 Å². The first kappa shape index (κ1) is 14.7. The second-order valence-electron chi connectivity index (χ2n) is 4.70. The van der Waals surface area contributed by atoms with Gasteiger partial charge in [-0.05, 0) is 59.3 Å². The van der Waals surface area contributed by atoms with Crippen LogP contribution in [0.5, 0.6) is 0 Å². The van der Waals surface area contributed by atoms with Crippen LogP contribution in [0.1, 0.15) is 34.9 Å². The van der Waals surface area contributed by atoms with Crippen LogP contribution in [0.25, 0.3) is 0 Å². The van der Waals surface area contributed by atoms with Gasteiger partial charge in [0, 0.05) is 4.88 Å². The molecule has 0 saturated carbocycles. The van der Waals surface area contributed by atoms with Gasteiger partial charge in [0.05, 0.1) is 9.83 Å². The summed E-state index contributed by atoms with van der Waals surface area (Å²) >= 11 is 5.34. The van der Waals surface area contributed by atoms with E-state index in [1.807, 2.05) is 0 Å². The monoisotopic (exact) mass is 338 g/mol. The minimum atomic E-state index is 0.249. The Labute approximate surface area is 127 Å². The van der Waals surface area contributed by atoms with E-state index in [2.05, 4.69) is 64.7 Å². The van der Waals surface area contributed by atoms with Crippen LogP contribution in [0.2, 0.25) is 0 Å². The Morgan fingerprint density at radius 1 is 1.32 bits per heavy atom. The largest absolute Gasteiger partial charge is 0.271 e. The van der Waals surface area contributed by atoms with Gasteiger partial charge in [-0.15, -0.1) is 11.3 Å². The summed E-state index contributed by atoms with van der Waals surface area (Å²) in [6, 6.07) is 13.1. The highest BCUT2D eigenvalue weighted by molar-refractivity contribution is 9.11. The van der Waals surface area contributed by atoms with Crippen molar-refractivity contribution < 1.29 is 0 Å². The highest BCUT2D eigenvalue weighted by Crippen LogP contribution is 2.33. The molecule has 19 heavy (non-hydrogen) atoms. The number of hydrogen-bond donors (Lipinski definition) is 2. The molecular weight excluding hydrogens is 320 g/mol. The molecule has 0 spiro atoms. The molecule has 2 nitrogen and oxygen atoms in total. The summed E-state index contributed by atoms with van der Waals surface area (Å²) in [5, 5.41) is 0. The Morgan fingerprint density at radius 2 is 2.05 bits per heavy atom. The fourth-order valence-corrected chi connectivity index (χ4v) is 3.78. The molecule has 0 saturated heterocycles. The highest BCUT2D eigenvalue weighted by Gasteiger charge is 2.13. The van der Waals surface area contributed by atoms with Gasteiger partial charge in [-0.25, -0.2) is 0 Å². The zero-order chi connectivity index (χ0) is 13.7. The molecule has 1 heterocycles. The molecule has 1 aromatic carbocycles. The number of hydrogen-bond acceptors (Lipinski definition) is 3. The maximum Gasteiger partial charge on any atom is 0.0731 e. The number of rotatable bonds is 6. The molecule has 2 aromatic rings. The van der Waals surface area contributed by atoms with Crippen molar-refractivity contribution in [1.82, 2.24) is 5.43 Å². The Balaban J connectivity index is 1.89. The lowest BCUT2D eigenvalue weighted by molar-refractivity contribution is 0.505. The summed E-state index contributed by atoms with van der Waals surface area (Å²) in [5.41, 5.74) is 5.61. The molecule has 1 aromatic heterocycles. The minimum absolute atomic E-state index is 0.249. The molecule has 0 aliphatic heterocycles. The normalized spacial score (nSPS) is 12.6. The van der Waals surface area contributed by atoms with Crippen LogP contribution in [0, 0.1) is 6.92 Å². The van der Waals surface area contributed by atoms with Crippen molar-refractivity contribution in [3.63, 3.8) is 0 Å². The van der Waals surface area contributed by atoms with Gasteiger partial charge < -0.3 is 0 Å². The van der Waals surface area contributed by atoms with E-state index in [1.165, 1.54) is 19.8 Å². The number of hydrazine groups is 1. The molecule has 3 N–H and O–H groups in total. The van der Waals surface area contributed by atoms with Gasteiger partial charge >= 0.3 is 0 Å². The standard InChI is InChI=1S/C15H19BrN2S/c1-11-10-14(19-15(11)16)13(18-17)9-5-8-12-6-3-2-4-7-12/h2-4,6-7,10,13,18H,5,8-9,17H2,1H3. The van der Waals surface area contributed by atoms with Gasteiger partial charge in [0.2, 0.25) is 0 Å². The van der Waals surface area contributed by atoms with Crippen molar-refractivity contribution in [1.29, 1.82) is 0 Å². The summed E-state index contributed by atoms with van der Waals surface area (Å²) in [5.74, 6) is 5.68. The van der Waals surface area contributed by atoms with Crippen molar-refractivity contribution in [3.05, 3.63) is 56.2 Å². The molecule has 0 aliphatic rings.